The third-order valence-corrected chi connectivity index (χ3v) is 4.14. The van der Waals surface area contributed by atoms with Crippen molar-refractivity contribution in [2.45, 2.75) is 44.7 Å². The minimum atomic E-state index is -3.47. The highest BCUT2D eigenvalue weighted by atomic mass is 32.2. The van der Waals surface area contributed by atoms with Crippen LogP contribution in [0.2, 0.25) is 0 Å². The molecule has 0 aromatic heterocycles. The van der Waals surface area contributed by atoms with Gasteiger partial charge in [-0.2, -0.15) is 0 Å². The Morgan fingerprint density at radius 1 is 1.19 bits per heavy atom. The Balaban J connectivity index is 2.73. The zero-order valence-electron chi connectivity index (χ0n) is 12.7. The van der Waals surface area contributed by atoms with Crippen LogP contribution in [0.3, 0.4) is 0 Å². The summed E-state index contributed by atoms with van der Waals surface area (Å²) >= 11 is 0. The first kappa shape index (κ1) is 17.5. The first-order valence-electron chi connectivity index (χ1n) is 6.83. The molecule has 118 valence electrons. The summed E-state index contributed by atoms with van der Waals surface area (Å²) in [5.41, 5.74) is 0. The fourth-order valence-electron chi connectivity index (χ4n) is 1.63. The van der Waals surface area contributed by atoms with Crippen LogP contribution in [0.4, 0.5) is 0 Å². The van der Waals surface area contributed by atoms with Crippen molar-refractivity contribution in [1.29, 1.82) is 0 Å². The molecular weight excluding hydrogens is 292 g/mol. The zero-order valence-corrected chi connectivity index (χ0v) is 13.5. The number of amides is 1. The summed E-state index contributed by atoms with van der Waals surface area (Å²) in [6, 6.07) is 5.99. The molecule has 1 amide bonds. The average molecular weight is 314 g/mol. The van der Waals surface area contributed by atoms with E-state index in [1.165, 1.54) is 24.3 Å². The number of hydrogen-bond donors (Lipinski definition) is 2. The van der Waals surface area contributed by atoms with E-state index < -0.39 is 16.1 Å². The SMILES string of the molecule is CCNS(=O)(=O)c1ccc(O[C@@H](C)C(=O)NC(C)C)cc1. The van der Waals surface area contributed by atoms with Crippen molar-refractivity contribution < 1.29 is 17.9 Å². The fraction of sp³-hybridized carbons (Fsp3) is 0.500. The van der Waals surface area contributed by atoms with Crippen LogP contribution in [-0.2, 0) is 14.8 Å². The minimum absolute atomic E-state index is 0.0381. The summed E-state index contributed by atoms with van der Waals surface area (Å²) < 4.78 is 31.4. The van der Waals surface area contributed by atoms with E-state index in [0.29, 0.717) is 12.3 Å². The summed E-state index contributed by atoms with van der Waals surface area (Å²) in [6.45, 7) is 7.41. The van der Waals surface area contributed by atoms with Gasteiger partial charge in [-0.3, -0.25) is 4.79 Å². The number of carbonyl (C=O) groups is 1. The van der Waals surface area contributed by atoms with Gasteiger partial charge in [0.1, 0.15) is 5.75 Å². The Bertz CT molecular complexity index is 567. The quantitative estimate of drug-likeness (QED) is 0.794. The van der Waals surface area contributed by atoms with E-state index in [1.54, 1.807) is 13.8 Å². The number of rotatable bonds is 7. The van der Waals surface area contributed by atoms with Crippen molar-refractivity contribution in [3.8, 4) is 5.75 Å². The van der Waals surface area contributed by atoms with Gasteiger partial charge in [-0.25, -0.2) is 13.1 Å². The van der Waals surface area contributed by atoms with Gasteiger partial charge in [-0.1, -0.05) is 6.92 Å². The van der Waals surface area contributed by atoms with Gasteiger partial charge in [0.05, 0.1) is 4.90 Å². The predicted molar refractivity (Wildman–Crippen MR) is 80.7 cm³/mol. The van der Waals surface area contributed by atoms with E-state index in [2.05, 4.69) is 10.0 Å². The largest absolute Gasteiger partial charge is 0.481 e. The van der Waals surface area contributed by atoms with E-state index in [-0.39, 0.29) is 16.8 Å². The van der Waals surface area contributed by atoms with E-state index in [0.717, 1.165) is 0 Å². The Labute approximate surface area is 125 Å². The van der Waals surface area contributed by atoms with Gasteiger partial charge >= 0.3 is 0 Å². The highest BCUT2D eigenvalue weighted by molar-refractivity contribution is 7.89. The molecule has 0 aliphatic carbocycles. The maximum atomic E-state index is 11.8. The molecular formula is C14H22N2O4S. The number of ether oxygens (including phenoxy) is 1. The Morgan fingerprint density at radius 3 is 2.24 bits per heavy atom. The number of sulfonamides is 1. The monoisotopic (exact) mass is 314 g/mol. The lowest BCUT2D eigenvalue weighted by Crippen LogP contribution is -2.40. The van der Waals surface area contributed by atoms with Gasteiger partial charge in [0.15, 0.2) is 6.10 Å². The zero-order chi connectivity index (χ0) is 16.0. The maximum Gasteiger partial charge on any atom is 0.260 e. The smallest absolute Gasteiger partial charge is 0.260 e. The van der Waals surface area contributed by atoms with Crippen LogP contribution < -0.4 is 14.8 Å². The molecule has 1 atom stereocenters. The average Bonchev–Trinajstić information content (AvgIpc) is 2.38. The molecule has 0 aliphatic heterocycles. The van der Waals surface area contributed by atoms with Gasteiger partial charge in [-0.05, 0) is 45.0 Å². The molecule has 1 aromatic carbocycles. The summed E-state index contributed by atoms with van der Waals surface area (Å²) in [7, 11) is -3.47. The molecule has 0 unspecified atom stereocenters. The van der Waals surface area contributed by atoms with Crippen LogP contribution in [-0.4, -0.2) is 33.0 Å². The molecule has 2 N–H and O–H groups in total. The second kappa shape index (κ2) is 7.42. The van der Waals surface area contributed by atoms with Crippen molar-refractivity contribution in [2.24, 2.45) is 0 Å². The number of benzene rings is 1. The molecule has 7 heteroatoms. The van der Waals surface area contributed by atoms with Crippen LogP contribution >= 0.6 is 0 Å². The number of hydrogen-bond acceptors (Lipinski definition) is 4. The minimum Gasteiger partial charge on any atom is -0.481 e. The first-order chi connectivity index (χ1) is 9.76. The van der Waals surface area contributed by atoms with Crippen molar-refractivity contribution in [3.63, 3.8) is 0 Å². The van der Waals surface area contributed by atoms with Crippen LogP contribution in [0.5, 0.6) is 5.75 Å². The Kier molecular flexibility index (Phi) is 6.17. The lowest BCUT2D eigenvalue weighted by molar-refractivity contribution is -0.127. The molecule has 1 rings (SSSR count). The highest BCUT2D eigenvalue weighted by Crippen LogP contribution is 2.17. The Morgan fingerprint density at radius 2 is 1.76 bits per heavy atom. The molecule has 0 radical (unpaired) electrons. The molecule has 21 heavy (non-hydrogen) atoms. The van der Waals surface area contributed by atoms with E-state index >= 15 is 0 Å². The molecule has 0 spiro atoms. The maximum absolute atomic E-state index is 11.8. The van der Waals surface area contributed by atoms with Crippen LogP contribution in [0.1, 0.15) is 27.7 Å². The van der Waals surface area contributed by atoms with Crippen LogP contribution in [0.25, 0.3) is 0 Å². The molecule has 0 heterocycles. The summed E-state index contributed by atoms with van der Waals surface area (Å²) in [4.78, 5) is 11.9. The van der Waals surface area contributed by atoms with Crippen molar-refractivity contribution in [2.75, 3.05) is 6.54 Å². The van der Waals surface area contributed by atoms with E-state index in [4.69, 9.17) is 4.74 Å². The lowest BCUT2D eigenvalue weighted by atomic mass is 10.3. The van der Waals surface area contributed by atoms with Crippen LogP contribution in [0, 0.1) is 0 Å². The summed E-state index contributed by atoms with van der Waals surface area (Å²) in [6.07, 6.45) is -0.649. The van der Waals surface area contributed by atoms with Gasteiger partial charge in [0, 0.05) is 12.6 Å². The van der Waals surface area contributed by atoms with Gasteiger partial charge < -0.3 is 10.1 Å². The second-order valence-electron chi connectivity index (χ2n) is 4.90. The number of carbonyl (C=O) groups excluding carboxylic acids is 1. The number of nitrogens with one attached hydrogen (secondary N) is 2. The fourth-order valence-corrected chi connectivity index (χ4v) is 2.67. The van der Waals surface area contributed by atoms with Gasteiger partial charge in [0.2, 0.25) is 10.0 Å². The summed E-state index contributed by atoms with van der Waals surface area (Å²) in [5, 5.41) is 2.75. The second-order valence-corrected chi connectivity index (χ2v) is 6.66. The first-order valence-corrected chi connectivity index (χ1v) is 8.31. The molecule has 1 aromatic rings. The standard InChI is InChI=1S/C14H22N2O4S/c1-5-15-21(18,19)13-8-6-12(7-9-13)20-11(4)14(17)16-10(2)3/h6-11,15H,5H2,1-4H3,(H,16,17)/t11-/m0/s1. The molecule has 0 fully saturated rings. The van der Waals surface area contributed by atoms with E-state index in [9.17, 15) is 13.2 Å². The van der Waals surface area contributed by atoms with Crippen molar-refractivity contribution in [3.05, 3.63) is 24.3 Å². The summed E-state index contributed by atoms with van der Waals surface area (Å²) in [5.74, 6) is 0.228. The van der Waals surface area contributed by atoms with E-state index in [1.807, 2.05) is 13.8 Å². The third-order valence-electron chi connectivity index (χ3n) is 2.58. The molecule has 6 nitrogen and oxygen atoms in total. The highest BCUT2D eigenvalue weighted by Gasteiger charge is 2.16. The topological polar surface area (TPSA) is 84.5 Å². The van der Waals surface area contributed by atoms with Crippen LogP contribution in [0.15, 0.2) is 29.2 Å². The van der Waals surface area contributed by atoms with Gasteiger partial charge in [-0.15, -0.1) is 0 Å². The van der Waals surface area contributed by atoms with Gasteiger partial charge in [0.25, 0.3) is 5.91 Å². The lowest BCUT2D eigenvalue weighted by Gasteiger charge is -2.16. The molecule has 0 aliphatic rings. The third kappa shape index (κ3) is 5.35. The normalized spacial score (nSPS) is 13.0. The Hall–Kier alpha value is -1.60. The predicted octanol–water partition coefficient (Wildman–Crippen LogP) is 1.28. The molecule has 0 bridgehead atoms. The van der Waals surface area contributed by atoms with Crippen molar-refractivity contribution >= 4 is 15.9 Å². The van der Waals surface area contributed by atoms with Crippen molar-refractivity contribution in [1.82, 2.24) is 10.0 Å². The molecule has 0 saturated carbocycles. The molecule has 0 saturated heterocycles.